The first-order valence-corrected chi connectivity index (χ1v) is 5.16. The number of carbonyl (C=O) groups is 1. The predicted molar refractivity (Wildman–Crippen MR) is 61.8 cm³/mol. The monoisotopic (exact) mass is 223 g/mol. The Labute approximate surface area is 95.6 Å². The first-order chi connectivity index (χ1) is 7.65. The van der Waals surface area contributed by atoms with Crippen molar-refractivity contribution in [3.8, 4) is 5.75 Å². The molecule has 0 unspecified atom stereocenters. The van der Waals surface area contributed by atoms with E-state index < -0.39 is 6.09 Å². The fraction of sp³-hybridized carbons (Fsp3) is 0.417. The average molecular weight is 223 g/mol. The van der Waals surface area contributed by atoms with E-state index in [2.05, 4.69) is 10.1 Å². The molecule has 0 aliphatic heterocycles. The third kappa shape index (κ3) is 3.46. The minimum atomic E-state index is -0.440. The molecule has 16 heavy (non-hydrogen) atoms. The van der Waals surface area contributed by atoms with Crippen LogP contribution in [0.2, 0.25) is 0 Å². The van der Waals surface area contributed by atoms with Gasteiger partial charge < -0.3 is 14.8 Å². The Balaban J connectivity index is 2.38. The highest BCUT2D eigenvalue weighted by Crippen LogP contribution is 2.20. The maximum Gasteiger partial charge on any atom is 0.406 e. The molecule has 4 heteroatoms. The third-order valence-electron chi connectivity index (χ3n) is 2.37. The van der Waals surface area contributed by atoms with Crippen molar-refractivity contribution in [3.63, 3.8) is 0 Å². The van der Waals surface area contributed by atoms with Crippen molar-refractivity contribution in [1.82, 2.24) is 5.32 Å². The second kappa shape index (κ2) is 6.00. The smallest absolute Gasteiger partial charge is 0.406 e. The van der Waals surface area contributed by atoms with E-state index >= 15 is 0 Å². The number of alkyl carbamates (subject to hydrolysis) is 1. The van der Waals surface area contributed by atoms with Gasteiger partial charge in [-0.25, -0.2) is 4.79 Å². The van der Waals surface area contributed by atoms with Crippen LogP contribution in [0.1, 0.15) is 11.1 Å². The SMILES string of the molecule is COC(=O)NCCOc1cccc(C)c1C. The van der Waals surface area contributed by atoms with Gasteiger partial charge in [0, 0.05) is 0 Å². The molecule has 0 saturated heterocycles. The van der Waals surface area contributed by atoms with Gasteiger partial charge in [-0.3, -0.25) is 0 Å². The number of methoxy groups -OCH3 is 1. The molecule has 0 radical (unpaired) electrons. The van der Waals surface area contributed by atoms with E-state index in [0.717, 1.165) is 11.3 Å². The molecule has 4 nitrogen and oxygen atoms in total. The van der Waals surface area contributed by atoms with Gasteiger partial charge in [-0.15, -0.1) is 0 Å². The van der Waals surface area contributed by atoms with E-state index in [1.165, 1.54) is 12.7 Å². The third-order valence-corrected chi connectivity index (χ3v) is 2.37. The predicted octanol–water partition coefficient (Wildman–Crippen LogP) is 2.04. The summed E-state index contributed by atoms with van der Waals surface area (Å²) in [4.78, 5) is 10.8. The number of hydrogen-bond donors (Lipinski definition) is 1. The van der Waals surface area contributed by atoms with E-state index in [0.29, 0.717) is 13.2 Å². The van der Waals surface area contributed by atoms with Gasteiger partial charge in [-0.2, -0.15) is 0 Å². The molecule has 0 saturated carbocycles. The summed E-state index contributed by atoms with van der Waals surface area (Å²) in [6, 6.07) is 5.90. The highest BCUT2D eigenvalue weighted by atomic mass is 16.5. The van der Waals surface area contributed by atoms with Gasteiger partial charge in [-0.1, -0.05) is 12.1 Å². The van der Waals surface area contributed by atoms with Crippen LogP contribution in [0.3, 0.4) is 0 Å². The first kappa shape index (κ1) is 12.4. The van der Waals surface area contributed by atoms with E-state index in [1.807, 2.05) is 32.0 Å². The summed E-state index contributed by atoms with van der Waals surface area (Å²) in [5.74, 6) is 0.853. The molecule has 0 heterocycles. The fourth-order valence-electron chi connectivity index (χ4n) is 1.27. The molecule has 0 spiro atoms. The minimum absolute atomic E-state index is 0.430. The van der Waals surface area contributed by atoms with Gasteiger partial charge >= 0.3 is 6.09 Å². The van der Waals surface area contributed by atoms with Crippen LogP contribution in [0.5, 0.6) is 5.75 Å². The standard InChI is InChI=1S/C12H17NO3/c1-9-5-4-6-11(10(9)2)16-8-7-13-12(14)15-3/h4-6H,7-8H2,1-3H3,(H,13,14). The molecule has 0 aliphatic carbocycles. The first-order valence-electron chi connectivity index (χ1n) is 5.16. The molecular formula is C12H17NO3. The van der Waals surface area contributed by atoms with Crippen LogP contribution in [-0.2, 0) is 4.74 Å². The maximum absolute atomic E-state index is 10.8. The molecule has 1 aromatic rings. The largest absolute Gasteiger partial charge is 0.491 e. The minimum Gasteiger partial charge on any atom is -0.491 e. The number of rotatable bonds is 4. The Hall–Kier alpha value is -1.71. The van der Waals surface area contributed by atoms with Crippen LogP contribution in [-0.4, -0.2) is 26.4 Å². The van der Waals surface area contributed by atoms with Crippen LogP contribution in [0.15, 0.2) is 18.2 Å². The van der Waals surface area contributed by atoms with Crippen molar-refractivity contribution in [1.29, 1.82) is 0 Å². The zero-order chi connectivity index (χ0) is 12.0. The van der Waals surface area contributed by atoms with Gasteiger partial charge in [-0.05, 0) is 31.0 Å². The second-order valence-electron chi connectivity index (χ2n) is 3.46. The Morgan fingerprint density at radius 2 is 2.12 bits per heavy atom. The molecule has 0 aromatic heterocycles. The fourth-order valence-corrected chi connectivity index (χ4v) is 1.27. The van der Waals surface area contributed by atoms with Gasteiger partial charge in [0.05, 0.1) is 13.7 Å². The van der Waals surface area contributed by atoms with Crippen LogP contribution >= 0.6 is 0 Å². The van der Waals surface area contributed by atoms with Crippen molar-refractivity contribution in [3.05, 3.63) is 29.3 Å². The van der Waals surface area contributed by atoms with E-state index in [1.54, 1.807) is 0 Å². The molecule has 88 valence electrons. The zero-order valence-electron chi connectivity index (χ0n) is 9.87. The highest BCUT2D eigenvalue weighted by Gasteiger charge is 2.02. The van der Waals surface area contributed by atoms with Crippen molar-refractivity contribution >= 4 is 6.09 Å². The molecule has 0 aliphatic rings. The summed E-state index contributed by atoms with van der Waals surface area (Å²) in [5.41, 5.74) is 2.32. The van der Waals surface area contributed by atoms with E-state index in [9.17, 15) is 4.79 Å². The van der Waals surface area contributed by atoms with Crippen molar-refractivity contribution in [2.75, 3.05) is 20.3 Å². The van der Waals surface area contributed by atoms with E-state index in [-0.39, 0.29) is 0 Å². The molecule has 0 fully saturated rings. The molecule has 1 rings (SSSR count). The lowest BCUT2D eigenvalue weighted by Crippen LogP contribution is -2.27. The number of benzene rings is 1. The van der Waals surface area contributed by atoms with E-state index in [4.69, 9.17) is 4.74 Å². The second-order valence-corrected chi connectivity index (χ2v) is 3.46. The Kier molecular flexibility index (Phi) is 4.64. The zero-order valence-corrected chi connectivity index (χ0v) is 9.87. The number of amides is 1. The molecule has 1 aromatic carbocycles. The van der Waals surface area contributed by atoms with Crippen molar-refractivity contribution in [2.24, 2.45) is 0 Å². The maximum atomic E-state index is 10.8. The number of nitrogens with one attached hydrogen (secondary N) is 1. The lowest BCUT2D eigenvalue weighted by atomic mass is 10.1. The van der Waals surface area contributed by atoms with Gasteiger partial charge in [0.2, 0.25) is 0 Å². The van der Waals surface area contributed by atoms with Crippen molar-refractivity contribution in [2.45, 2.75) is 13.8 Å². The number of aryl methyl sites for hydroxylation is 1. The summed E-state index contributed by atoms with van der Waals surface area (Å²) in [6.45, 7) is 4.91. The van der Waals surface area contributed by atoms with Gasteiger partial charge in [0.1, 0.15) is 12.4 Å². The molecular weight excluding hydrogens is 206 g/mol. The quantitative estimate of drug-likeness (QED) is 0.794. The van der Waals surface area contributed by atoms with Crippen LogP contribution in [0.4, 0.5) is 4.79 Å². The average Bonchev–Trinajstić information content (AvgIpc) is 2.29. The van der Waals surface area contributed by atoms with Gasteiger partial charge in [0.15, 0.2) is 0 Å². The normalized spacial score (nSPS) is 9.69. The van der Waals surface area contributed by atoms with Crippen LogP contribution < -0.4 is 10.1 Å². The molecule has 1 amide bonds. The summed E-state index contributed by atoms with van der Waals surface area (Å²) >= 11 is 0. The topological polar surface area (TPSA) is 47.6 Å². The summed E-state index contributed by atoms with van der Waals surface area (Å²) < 4.78 is 9.98. The highest BCUT2D eigenvalue weighted by molar-refractivity contribution is 5.66. The van der Waals surface area contributed by atoms with Crippen LogP contribution in [0, 0.1) is 13.8 Å². The van der Waals surface area contributed by atoms with Crippen LogP contribution in [0.25, 0.3) is 0 Å². The lowest BCUT2D eigenvalue weighted by Gasteiger charge is -2.10. The summed E-state index contributed by atoms with van der Waals surface area (Å²) in [5, 5.41) is 2.55. The summed E-state index contributed by atoms with van der Waals surface area (Å²) in [6.07, 6.45) is -0.440. The number of hydrogen-bond acceptors (Lipinski definition) is 3. The Morgan fingerprint density at radius 1 is 1.38 bits per heavy atom. The number of ether oxygens (including phenoxy) is 2. The molecule has 0 atom stereocenters. The Morgan fingerprint density at radius 3 is 2.81 bits per heavy atom. The summed E-state index contributed by atoms with van der Waals surface area (Å²) in [7, 11) is 1.33. The van der Waals surface area contributed by atoms with Crippen molar-refractivity contribution < 1.29 is 14.3 Å². The van der Waals surface area contributed by atoms with Gasteiger partial charge in [0.25, 0.3) is 0 Å². The Bertz CT molecular complexity index is 363. The molecule has 0 bridgehead atoms. The molecule has 1 N–H and O–H groups in total. The lowest BCUT2D eigenvalue weighted by molar-refractivity contribution is 0.168. The number of carbonyl (C=O) groups excluding carboxylic acids is 1.